The molecule has 1 fully saturated rings. The van der Waals surface area contributed by atoms with Crippen LogP contribution in [0.1, 0.15) is 26.2 Å². The van der Waals surface area contributed by atoms with E-state index in [2.05, 4.69) is 12.2 Å². The molecule has 0 aliphatic heterocycles. The summed E-state index contributed by atoms with van der Waals surface area (Å²) >= 11 is 1.76. The SMILES string of the molecule is CC1CCCC1CNc1cc(F)c(I)cc1[N+](=O)[O-]. The van der Waals surface area contributed by atoms with Crippen LogP contribution < -0.4 is 5.32 Å². The second kappa shape index (κ2) is 6.02. The molecule has 1 aromatic carbocycles. The van der Waals surface area contributed by atoms with Crippen LogP contribution in [-0.2, 0) is 0 Å². The Balaban J connectivity index is 2.14. The molecule has 0 heterocycles. The van der Waals surface area contributed by atoms with E-state index in [4.69, 9.17) is 0 Å². The molecule has 2 rings (SSSR count). The molecule has 1 aliphatic carbocycles. The van der Waals surface area contributed by atoms with E-state index in [-0.39, 0.29) is 14.9 Å². The Morgan fingerprint density at radius 3 is 2.84 bits per heavy atom. The standard InChI is InChI=1S/C13H16FIN2O2/c1-8-3-2-4-9(8)7-16-12-5-10(14)11(15)6-13(12)17(18)19/h5-6,8-9,16H,2-4,7H2,1H3. The highest BCUT2D eigenvalue weighted by molar-refractivity contribution is 14.1. The second-order valence-corrected chi connectivity index (χ2v) is 6.25. The molecule has 1 saturated carbocycles. The van der Waals surface area contributed by atoms with Gasteiger partial charge in [-0.15, -0.1) is 0 Å². The van der Waals surface area contributed by atoms with E-state index in [0.29, 0.717) is 18.4 Å². The zero-order valence-electron chi connectivity index (χ0n) is 10.7. The van der Waals surface area contributed by atoms with Crippen molar-refractivity contribution in [3.8, 4) is 0 Å². The molecule has 0 radical (unpaired) electrons. The van der Waals surface area contributed by atoms with Crippen LogP contribution in [0.2, 0.25) is 0 Å². The summed E-state index contributed by atoms with van der Waals surface area (Å²) in [6, 6.07) is 2.50. The van der Waals surface area contributed by atoms with Crippen molar-refractivity contribution < 1.29 is 9.31 Å². The lowest BCUT2D eigenvalue weighted by Crippen LogP contribution is -2.17. The summed E-state index contributed by atoms with van der Waals surface area (Å²) in [7, 11) is 0. The third kappa shape index (κ3) is 3.34. The van der Waals surface area contributed by atoms with Crippen molar-refractivity contribution >= 4 is 34.0 Å². The van der Waals surface area contributed by atoms with Gasteiger partial charge in [0, 0.05) is 18.7 Å². The van der Waals surface area contributed by atoms with Crippen molar-refractivity contribution in [3.63, 3.8) is 0 Å². The summed E-state index contributed by atoms with van der Waals surface area (Å²) in [5.41, 5.74) is 0.221. The summed E-state index contributed by atoms with van der Waals surface area (Å²) in [5.74, 6) is 0.718. The van der Waals surface area contributed by atoms with Crippen LogP contribution >= 0.6 is 22.6 Å². The van der Waals surface area contributed by atoms with E-state index in [9.17, 15) is 14.5 Å². The fourth-order valence-electron chi connectivity index (χ4n) is 2.60. The average molecular weight is 378 g/mol. The molecule has 1 aromatic rings. The smallest absolute Gasteiger partial charge is 0.293 e. The van der Waals surface area contributed by atoms with Crippen LogP contribution in [0.4, 0.5) is 15.8 Å². The number of nitro groups is 1. The lowest BCUT2D eigenvalue weighted by Gasteiger charge is -2.17. The number of benzene rings is 1. The molecule has 104 valence electrons. The lowest BCUT2D eigenvalue weighted by atomic mass is 9.98. The molecule has 0 aromatic heterocycles. The lowest BCUT2D eigenvalue weighted by molar-refractivity contribution is -0.384. The zero-order valence-corrected chi connectivity index (χ0v) is 12.8. The van der Waals surface area contributed by atoms with Gasteiger partial charge in [-0.25, -0.2) is 4.39 Å². The van der Waals surface area contributed by atoms with Crippen LogP contribution in [0.15, 0.2) is 12.1 Å². The largest absolute Gasteiger partial charge is 0.379 e. The first-order chi connectivity index (χ1) is 8.99. The Kier molecular flexibility index (Phi) is 4.59. The van der Waals surface area contributed by atoms with Crippen molar-refractivity contribution in [2.75, 3.05) is 11.9 Å². The van der Waals surface area contributed by atoms with Gasteiger partial charge in [0.1, 0.15) is 11.5 Å². The Hall–Kier alpha value is -0.920. The normalized spacial score (nSPS) is 22.5. The first-order valence-electron chi connectivity index (χ1n) is 6.36. The van der Waals surface area contributed by atoms with E-state index >= 15 is 0 Å². The molecule has 0 saturated heterocycles. The number of nitrogens with one attached hydrogen (secondary N) is 1. The number of halogens is 2. The van der Waals surface area contributed by atoms with Gasteiger partial charge in [0.25, 0.3) is 5.69 Å². The number of nitrogens with zero attached hydrogens (tertiary/aromatic N) is 1. The average Bonchev–Trinajstić information content (AvgIpc) is 2.75. The van der Waals surface area contributed by atoms with Crippen molar-refractivity contribution in [1.29, 1.82) is 0 Å². The predicted octanol–water partition coefficient (Wildman–Crippen LogP) is 4.19. The molecule has 2 unspecified atom stereocenters. The van der Waals surface area contributed by atoms with Crippen LogP contribution in [0.3, 0.4) is 0 Å². The van der Waals surface area contributed by atoms with Crippen molar-refractivity contribution in [2.45, 2.75) is 26.2 Å². The third-order valence-electron chi connectivity index (χ3n) is 3.83. The topological polar surface area (TPSA) is 55.2 Å². The van der Waals surface area contributed by atoms with E-state index in [1.807, 2.05) is 0 Å². The molecule has 1 aliphatic rings. The maximum atomic E-state index is 13.5. The highest BCUT2D eigenvalue weighted by atomic mass is 127. The molecular weight excluding hydrogens is 362 g/mol. The van der Waals surface area contributed by atoms with Crippen molar-refractivity contribution in [2.24, 2.45) is 11.8 Å². The summed E-state index contributed by atoms with van der Waals surface area (Å²) in [5, 5.41) is 14.0. The van der Waals surface area contributed by atoms with Gasteiger partial charge >= 0.3 is 0 Å². The molecular formula is C13H16FIN2O2. The fourth-order valence-corrected chi connectivity index (χ4v) is 3.05. The highest BCUT2D eigenvalue weighted by Gasteiger charge is 2.24. The number of hydrogen-bond donors (Lipinski definition) is 1. The Labute approximate surface area is 125 Å². The molecule has 0 spiro atoms. The maximum Gasteiger partial charge on any atom is 0.293 e. The minimum absolute atomic E-state index is 0.0588. The molecule has 1 N–H and O–H groups in total. The van der Waals surface area contributed by atoms with Gasteiger partial charge in [0.05, 0.1) is 8.49 Å². The van der Waals surface area contributed by atoms with Gasteiger partial charge in [-0.1, -0.05) is 19.8 Å². The first-order valence-corrected chi connectivity index (χ1v) is 7.44. The highest BCUT2D eigenvalue weighted by Crippen LogP contribution is 2.33. The number of rotatable bonds is 4. The number of nitro benzene ring substituents is 1. The quantitative estimate of drug-likeness (QED) is 0.486. The Morgan fingerprint density at radius 2 is 2.26 bits per heavy atom. The van der Waals surface area contributed by atoms with Gasteiger partial charge in [0.15, 0.2) is 0 Å². The third-order valence-corrected chi connectivity index (χ3v) is 4.66. The fraction of sp³-hybridized carbons (Fsp3) is 0.538. The van der Waals surface area contributed by atoms with Crippen LogP contribution in [-0.4, -0.2) is 11.5 Å². The summed E-state index contributed by atoms with van der Waals surface area (Å²) in [4.78, 5) is 10.5. The summed E-state index contributed by atoms with van der Waals surface area (Å²) in [6.45, 7) is 2.87. The van der Waals surface area contributed by atoms with Gasteiger partial charge in [0.2, 0.25) is 0 Å². The van der Waals surface area contributed by atoms with Crippen LogP contribution in [0.5, 0.6) is 0 Å². The van der Waals surface area contributed by atoms with Gasteiger partial charge in [-0.05, 0) is 40.8 Å². The molecule has 4 nitrogen and oxygen atoms in total. The first kappa shape index (κ1) is 14.5. The summed E-state index contributed by atoms with van der Waals surface area (Å²) < 4.78 is 13.8. The second-order valence-electron chi connectivity index (χ2n) is 5.09. The zero-order chi connectivity index (χ0) is 14.0. The van der Waals surface area contributed by atoms with E-state index in [1.54, 1.807) is 22.6 Å². The Morgan fingerprint density at radius 1 is 1.53 bits per heavy atom. The molecule has 6 heteroatoms. The Bertz CT molecular complexity index is 496. The predicted molar refractivity (Wildman–Crippen MR) is 80.8 cm³/mol. The van der Waals surface area contributed by atoms with Crippen LogP contribution in [0.25, 0.3) is 0 Å². The van der Waals surface area contributed by atoms with Gasteiger partial charge in [-0.3, -0.25) is 10.1 Å². The van der Waals surface area contributed by atoms with E-state index < -0.39 is 10.7 Å². The molecule has 0 bridgehead atoms. The van der Waals surface area contributed by atoms with E-state index in [1.165, 1.54) is 25.0 Å². The maximum absolute atomic E-state index is 13.5. The molecule has 0 amide bonds. The number of anilines is 1. The molecule has 2 atom stereocenters. The summed E-state index contributed by atoms with van der Waals surface area (Å²) in [6.07, 6.45) is 3.54. The van der Waals surface area contributed by atoms with Gasteiger partial charge < -0.3 is 5.32 Å². The van der Waals surface area contributed by atoms with Crippen LogP contribution in [0, 0.1) is 31.3 Å². The molecule has 19 heavy (non-hydrogen) atoms. The minimum atomic E-state index is -0.470. The van der Waals surface area contributed by atoms with Crippen molar-refractivity contribution in [3.05, 3.63) is 31.6 Å². The number of hydrogen-bond acceptors (Lipinski definition) is 3. The minimum Gasteiger partial charge on any atom is -0.379 e. The van der Waals surface area contributed by atoms with Gasteiger partial charge in [-0.2, -0.15) is 0 Å². The monoisotopic (exact) mass is 378 g/mol. The van der Waals surface area contributed by atoms with E-state index in [0.717, 1.165) is 6.42 Å². The van der Waals surface area contributed by atoms with Crippen molar-refractivity contribution in [1.82, 2.24) is 0 Å².